The Morgan fingerprint density at radius 1 is 1.26 bits per heavy atom. The molecule has 1 aliphatic heterocycles. The molecule has 0 spiro atoms. The lowest BCUT2D eigenvalue weighted by Gasteiger charge is -2.26. The Kier molecular flexibility index (Phi) is 3.56. The summed E-state index contributed by atoms with van der Waals surface area (Å²) in [5, 5.41) is 0. The first kappa shape index (κ1) is 12.3. The van der Waals surface area contributed by atoms with Gasteiger partial charge in [0, 0.05) is 18.0 Å². The fourth-order valence-electron chi connectivity index (χ4n) is 2.63. The van der Waals surface area contributed by atoms with E-state index in [1.807, 2.05) is 6.07 Å². The van der Waals surface area contributed by atoms with Crippen molar-refractivity contribution in [1.29, 1.82) is 0 Å². The van der Waals surface area contributed by atoms with Gasteiger partial charge in [-0.15, -0.1) is 0 Å². The zero-order valence-electron chi connectivity index (χ0n) is 11.2. The number of benzene rings is 1. The van der Waals surface area contributed by atoms with E-state index in [2.05, 4.69) is 35.1 Å². The van der Waals surface area contributed by atoms with Gasteiger partial charge in [0.1, 0.15) is 0 Å². The second kappa shape index (κ2) is 5.49. The lowest BCUT2D eigenvalue weighted by atomic mass is 9.93. The molecule has 1 aromatic heterocycles. The van der Waals surface area contributed by atoms with Crippen molar-refractivity contribution in [2.45, 2.75) is 32.3 Å². The van der Waals surface area contributed by atoms with Crippen molar-refractivity contribution in [2.24, 2.45) is 0 Å². The summed E-state index contributed by atoms with van der Waals surface area (Å²) in [5.41, 5.74) is 3.82. The van der Waals surface area contributed by atoms with E-state index in [1.165, 1.54) is 11.1 Å². The predicted molar refractivity (Wildman–Crippen MR) is 74.8 cm³/mol. The molecular formula is C16H18N2O. The van der Waals surface area contributed by atoms with Crippen LogP contribution in [0.3, 0.4) is 0 Å². The fraction of sp³-hybridized carbons (Fsp3) is 0.375. The molecule has 1 aliphatic rings. The van der Waals surface area contributed by atoms with Crippen LogP contribution in [0.5, 0.6) is 0 Å². The summed E-state index contributed by atoms with van der Waals surface area (Å²) in [6.45, 7) is 3.01. The minimum Gasteiger partial charge on any atom is -0.373 e. The number of ether oxygens (including phenoxy) is 1. The highest BCUT2D eigenvalue weighted by Gasteiger charge is 2.20. The van der Waals surface area contributed by atoms with Crippen molar-refractivity contribution in [2.75, 3.05) is 6.61 Å². The number of hydrogen-bond acceptors (Lipinski definition) is 3. The summed E-state index contributed by atoms with van der Waals surface area (Å²) < 4.78 is 5.86. The molecule has 98 valence electrons. The van der Waals surface area contributed by atoms with Gasteiger partial charge in [-0.3, -0.25) is 0 Å². The van der Waals surface area contributed by atoms with Gasteiger partial charge >= 0.3 is 0 Å². The van der Waals surface area contributed by atoms with E-state index < -0.39 is 0 Å². The molecular weight excluding hydrogens is 236 g/mol. The van der Waals surface area contributed by atoms with Crippen LogP contribution in [0.1, 0.15) is 37.0 Å². The second-order valence-electron chi connectivity index (χ2n) is 4.88. The number of nitrogens with zero attached hydrogens (tertiary/aromatic N) is 2. The molecule has 19 heavy (non-hydrogen) atoms. The summed E-state index contributed by atoms with van der Waals surface area (Å²) in [6.07, 6.45) is 7.05. The molecule has 2 aromatic rings. The van der Waals surface area contributed by atoms with Gasteiger partial charge in [-0.25, -0.2) is 9.97 Å². The Hall–Kier alpha value is -1.74. The van der Waals surface area contributed by atoms with Crippen LogP contribution in [-0.4, -0.2) is 16.6 Å². The lowest BCUT2D eigenvalue weighted by Crippen LogP contribution is -2.16. The van der Waals surface area contributed by atoms with E-state index in [0.717, 1.165) is 37.3 Å². The minimum atomic E-state index is 0.263. The Morgan fingerprint density at radius 3 is 2.89 bits per heavy atom. The summed E-state index contributed by atoms with van der Waals surface area (Å²) in [5.74, 6) is 0.795. The quantitative estimate of drug-likeness (QED) is 0.840. The zero-order chi connectivity index (χ0) is 13.1. The van der Waals surface area contributed by atoms with Crippen molar-refractivity contribution in [3.05, 3.63) is 47.8 Å². The van der Waals surface area contributed by atoms with Gasteiger partial charge < -0.3 is 4.74 Å². The topological polar surface area (TPSA) is 35.0 Å². The normalized spacial score (nSPS) is 18.1. The number of fused-ring (bicyclic) bond motifs is 1. The summed E-state index contributed by atoms with van der Waals surface area (Å²) >= 11 is 0. The van der Waals surface area contributed by atoms with E-state index in [-0.39, 0.29) is 6.10 Å². The van der Waals surface area contributed by atoms with Crippen LogP contribution in [0, 0.1) is 0 Å². The van der Waals surface area contributed by atoms with Gasteiger partial charge in [-0.05, 0) is 36.1 Å². The minimum absolute atomic E-state index is 0.263. The highest BCUT2D eigenvalue weighted by molar-refractivity contribution is 5.57. The predicted octanol–water partition coefficient (Wildman–Crippen LogP) is 3.56. The molecule has 0 fully saturated rings. The lowest BCUT2D eigenvalue weighted by molar-refractivity contribution is 0.0361. The Labute approximate surface area is 113 Å². The van der Waals surface area contributed by atoms with Gasteiger partial charge in [0.05, 0.1) is 12.7 Å². The van der Waals surface area contributed by atoms with E-state index in [1.54, 1.807) is 12.4 Å². The zero-order valence-corrected chi connectivity index (χ0v) is 11.2. The Bertz CT molecular complexity index is 554. The van der Waals surface area contributed by atoms with Gasteiger partial charge in [-0.1, -0.05) is 25.5 Å². The molecule has 0 saturated carbocycles. The molecule has 1 aromatic carbocycles. The van der Waals surface area contributed by atoms with Crippen LogP contribution in [0.25, 0.3) is 11.4 Å². The average molecular weight is 254 g/mol. The molecule has 2 heterocycles. The van der Waals surface area contributed by atoms with Crippen LogP contribution < -0.4 is 0 Å². The van der Waals surface area contributed by atoms with Crippen LogP contribution in [-0.2, 0) is 11.2 Å². The standard InChI is InChI=1S/C16H18N2O/c1-2-4-15-14-6-5-13(11-12(14)7-10-19-15)16-17-8-3-9-18-16/h3,5-6,8-9,11,15H,2,4,7,10H2,1H3/t15-/m0/s1. The molecule has 0 saturated heterocycles. The number of rotatable bonds is 3. The highest BCUT2D eigenvalue weighted by atomic mass is 16.5. The molecule has 3 nitrogen and oxygen atoms in total. The molecule has 0 N–H and O–H groups in total. The van der Waals surface area contributed by atoms with Crippen LogP contribution >= 0.6 is 0 Å². The molecule has 3 heteroatoms. The average Bonchev–Trinajstić information content (AvgIpc) is 2.48. The molecule has 0 radical (unpaired) electrons. The third-order valence-corrected chi connectivity index (χ3v) is 3.56. The van der Waals surface area contributed by atoms with E-state index in [4.69, 9.17) is 4.74 Å². The first-order valence-corrected chi connectivity index (χ1v) is 6.90. The van der Waals surface area contributed by atoms with Crippen LogP contribution in [0.2, 0.25) is 0 Å². The summed E-state index contributed by atoms with van der Waals surface area (Å²) in [6, 6.07) is 8.34. The SMILES string of the molecule is CCC[C@@H]1OCCc2cc(-c3ncccn3)ccc21. The fourth-order valence-corrected chi connectivity index (χ4v) is 2.63. The molecule has 0 aliphatic carbocycles. The van der Waals surface area contributed by atoms with Crippen molar-refractivity contribution in [1.82, 2.24) is 9.97 Å². The maximum Gasteiger partial charge on any atom is 0.159 e. The maximum absolute atomic E-state index is 5.86. The summed E-state index contributed by atoms with van der Waals surface area (Å²) in [7, 11) is 0. The van der Waals surface area contributed by atoms with Crippen LogP contribution in [0.15, 0.2) is 36.7 Å². The molecule has 3 rings (SSSR count). The molecule has 1 atom stereocenters. The van der Waals surface area contributed by atoms with Crippen molar-refractivity contribution >= 4 is 0 Å². The third kappa shape index (κ3) is 2.51. The van der Waals surface area contributed by atoms with Gasteiger partial charge in [0.25, 0.3) is 0 Å². The molecule has 0 bridgehead atoms. The van der Waals surface area contributed by atoms with E-state index in [9.17, 15) is 0 Å². The van der Waals surface area contributed by atoms with Gasteiger partial charge in [0.2, 0.25) is 0 Å². The number of hydrogen-bond donors (Lipinski definition) is 0. The van der Waals surface area contributed by atoms with E-state index >= 15 is 0 Å². The van der Waals surface area contributed by atoms with E-state index in [0.29, 0.717) is 0 Å². The molecule has 0 amide bonds. The number of aromatic nitrogens is 2. The van der Waals surface area contributed by atoms with Gasteiger partial charge in [-0.2, -0.15) is 0 Å². The molecule has 0 unspecified atom stereocenters. The monoisotopic (exact) mass is 254 g/mol. The second-order valence-corrected chi connectivity index (χ2v) is 4.88. The Morgan fingerprint density at radius 2 is 2.11 bits per heavy atom. The highest BCUT2D eigenvalue weighted by Crippen LogP contribution is 2.32. The first-order chi connectivity index (χ1) is 9.38. The smallest absolute Gasteiger partial charge is 0.159 e. The Balaban J connectivity index is 1.96. The third-order valence-electron chi connectivity index (χ3n) is 3.56. The maximum atomic E-state index is 5.86. The van der Waals surface area contributed by atoms with Gasteiger partial charge in [0.15, 0.2) is 5.82 Å². The van der Waals surface area contributed by atoms with Crippen molar-refractivity contribution in [3.63, 3.8) is 0 Å². The van der Waals surface area contributed by atoms with Crippen molar-refractivity contribution in [3.8, 4) is 11.4 Å². The van der Waals surface area contributed by atoms with Crippen molar-refractivity contribution < 1.29 is 4.74 Å². The first-order valence-electron chi connectivity index (χ1n) is 6.90. The summed E-state index contributed by atoms with van der Waals surface area (Å²) in [4.78, 5) is 8.62. The largest absolute Gasteiger partial charge is 0.373 e. The van der Waals surface area contributed by atoms with Crippen LogP contribution in [0.4, 0.5) is 0 Å².